The monoisotopic (exact) mass is 365 g/mol. The van der Waals surface area contributed by atoms with Crippen LogP contribution in [0.2, 0.25) is 0 Å². The van der Waals surface area contributed by atoms with Crippen molar-refractivity contribution in [2.75, 3.05) is 6.54 Å². The fourth-order valence-corrected chi connectivity index (χ4v) is 4.05. The first-order valence-corrected chi connectivity index (χ1v) is 9.48. The van der Waals surface area contributed by atoms with Crippen molar-refractivity contribution in [1.29, 1.82) is 0 Å². The van der Waals surface area contributed by atoms with Gasteiger partial charge < -0.3 is 15.6 Å². The second-order valence-electron chi connectivity index (χ2n) is 7.29. The van der Waals surface area contributed by atoms with E-state index in [1.807, 2.05) is 25.1 Å². The fourth-order valence-electron chi connectivity index (χ4n) is 4.05. The lowest BCUT2D eigenvalue weighted by molar-refractivity contribution is 0.0930. The molecule has 0 bridgehead atoms. The first-order valence-electron chi connectivity index (χ1n) is 9.48. The van der Waals surface area contributed by atoms with E-state index in [0.717, 1.165) is 37.0 Å². The number of hydrogen-bond acceptors (Lipinski definition) is 2. The number of hydrogen-bond donors (Lipinski definition) is 3. The molecular formula is C22H24FN3O. The molecule has 0 radical (unpaired) electrons. The number of H-pyrrole nitrogens is 1. The lowest BCUT2D eigenvalue weighted by atomic mass is 9.97. The minimum atomic E-state index is -0.339. The molecule has 5 heteroatoms. The third kappa shape index (κ3) is 3.74. The number of nitrogens with one attached hydrogen (secondary N) is 3. The molecule has 0 saturated carbocycles. The molecule has 140 valence electrons. The first-order chi connectivity index (χ1) is 13.1. The van der Waals surface area contributed by atoms with Gasteiger partial charge in [0, 0.05) is 28.7 Å². The summed E-state index contributed by atoms with van der Waals surface area (Å²) < 4.78 is 13.7. The molecule has 3 aromatic rings. The van der Waals surface area contributed by atoms with E-state index < -0.39 is 0 Å². The number of amides is 1. The highest BCUT2D eigenvalue weighted by atomic mass is 19.1. The van der Waals surface area contributed by atoms with Gasteiger partial charge in [-0.3, -0.25) is 4.79 Å². The highest BCUT2D eigenvalue weighted by molar-refractivity contribution is 6.08. The first kappa shape index (κ1) is 17.7. The SMILES string of the molecule is Cc1[nH]c2ccc(F)cc2c1C(=O)NC(Cc1ccccc1)C1CCCN1. The number of carbonyl (C=O) groups excluding carboxylic acids is 1. The van der Waals surface area contributed by atoms with E-state index in [0.29, 0.717) is 10.9 Å². The van der Waals surface area contributed by atoms with Crippen molar-refractivity contribution in [3.05, 3.63) is 71.2 Å². The quantitative estimate of drug-likeness (QED) is 0.646. The number of aromatic nitrogens is 1. The van der Waals surface area contributed by atoms with Crippen molar-refractivity contribution in [1.82, 2.24) is 15.6 Å². The second-order valence-corrected chi connectivity index (χ2v) is 7.29. The van der Waals surface area contributed by atoms with Crippen molar-refractivity contribution in [2.45, 2.75) is 38.3 Å². The van der Waals surface area contributed by atoms with Crippen molar-refractivity contribution in [3.8, 4) is 0 Å². The van der Waals surface area contributed by atoms with Gasteiger partial charge in [-0.1, -0.05) is 30.3 Å². The molecule has 0 aliphatic carbocycles. The molecule has 2 unspecified atom stereocenters. The zero-order valence-electron chi connectivity index (χ0n) is 15.4. The smallest absolute Gasteiger partial charge is 0.254 e. The van der Waals surface area contributed by atoms with Crippen molar-refractivity contribution in [3.63, 3.8) is 0 Å². The molecule has 0 spiro atoms. The normalized spacial score (nSPS) is 17.9. The molecular weight excluding hydrogens is 341 g/mol. The number of halogens is 1. The molecule has 4 rings (SSSR count). The average molecular weight is 365 g/mol. The van der Waals surface area contributed by atoms with E-state index in [-0.39, 0.29) is 23.8 Å². The van der Waals surface area contributed by atoms with Gasteiger partial charge in [0.25, 0.3) is 5.91 Å². The largest absolute Gasteiger partial charge is 0.358 e. The van der Waals surface area contributed by atoms with E-state index in [2.05, 4.69) is 27.8 Å². The Bertz CT molecular complexity index is 945. The van der Waals surface area contributed by atoms with Gasteiger partial charge in [0.1, 0.15) is 5.82 Å². The summed E-state index contributed by atoms with van der Waals surface area (Å²) in [7, 11) is 0. The summed E-state index contributed by atoms with van der Waals surface area (Å²) >= 11 is 0. The van der Waals surface area contributed by atoms with E-state index in [9.17, 15) is 9.18 Å². The van der Waals surface area contributed by atoms with Gasteiger partial charge in [-0.2, -0.15) is 0 Å². The van der Waals surface area contributed by atoms with Crippen LogP contribution in [0.5, 0.6) is 0 Å². The summed E-state index contributed by atoms with van der Waals surface area (Å²) in [6, 6.07) is 14.9. The Kier molecular flexibility index (Phi) is 4.94. The third-order valence-electron chi connectivity index (χ3n) is 5.37. The van der Waals surface area contributed by atoms with Gasteiger partial charge in [0.05, 0.1) is 5.56 Å². The van der Waals surface area contributed by atoms with Gasteiger partial charge in [-0.15, -0.1) is 0 Å². The minimum absolute atomic E-state index is 0.0136. The van der Waals surface area contributed by atoms with Crippen molar-refractivity contribution >= 4 is 16.8 Å². The molecule has 1 amide bonds. The fraction of sp³-hybridized carbons (Fsp3) is 0.318. The number of carbonyl (C=O) groups is 1. The average Bonchev–Trinajstić information content (AvgIpc) is 3.29. The summed E-state index contributed by atoms with van der Waals surface area (Å²) in [4.78, 5) is 16.3. The Morgan fingerprint density at radius 1 is 1.26 bits per heavy atom. The summed E-state index contributed by atoms with van der Waals surface area (Å²) in [6.07, 6.45) is 2.92. The molecule has 27 heavy (non-hydrogen) atoms. The third-order valence-corrected chi connectivity index (χ3v) is 5.37. The van der Waals surface area contributed by atoms with Gasteiger partial charge in [-0.25, -0.2) is 4.39 Å². The van der Waals surface area contributed by atoms with Crippen LogP contribution in [0.3, 0.4) is 0 Å². The van der Waals surface area contributed by atoms with Gasteiger partial charge in [-0.05, 0) is 56.5 Å². The Morgan fingerprint density at radius 2 is 2.07 bits per heavy atom. The molecule has 1 aliphatic rings. The number of aryl methyl sites for hydroxylation is 1. The van der Waals surface area contributed by atoms with Crippen LogP contribution in [0.15, 0.2) is 48.5 Å². The van der Waals surface area contributed by atoms with E-state index in [4.69, 9.17) is 0 Å². The van der Waals surface area contributed by atoms with E-state index in [1.165, 1.54) is 17.7 Å². The Balaban J connectivity index is 1.62. The number of benzene rings is 2. The van der Waals surface area contributed by atoms with E-state index >= 15 is 0 Å². The standard InChI is InChI=1S/C22H24FN3O/c1-14-21(17-13-16(23)9-10-18(17)25-14)22(27)26-20(19-8-5-11-24-19)12-15-6-3-2-4-7-15/h2-4,6-7,9-10,13,19-20,24-25H,5,8,11-12H2,1H3,(H,26,27). The predicted octanol–water partition coefficient (Wildman–Crippen LogP) is 3.71. The molecule has 3 N–H and O–H groups in total. The van der Waals surface area contributed by atoms with Crippen molar-refractivity contribution < 1.29 is 9.18 Å². The molecule has 1 aromatic heterocycles. The number of rotatable bonds is 5. The highest BCUT2D eigenvalue weighted by Gasteiger charge is 2.28. The maximum absolute atomic E-state index is 13.7. The Labute approximate surface area is 158 Å². The van der Waals surface area contributed by atoms with Gasteiger partial charge >= 0.3 is 0 Å². The summed E-state index contributed by atoms with van der Waals surface area (Å²) in [6.45, 7) is 2.83. The van der Waals surface area contributed by atoms with Gasteiger partial charge in [0.2, 0.25) is 0 Å². The minimum Gasteiger partial charge on any atom is -0.358 e. The molecule has 2 atom stereocenters. The zero-order valence-corrected chi connectivity index (χ0v) is 15.4. The summed E-state index contributed by atoms with van der Waals surface area (Å²) in [5, 5.41) is 7.35. The zero-order chi connectivity index (χ0) is 18.8. The van der Waals surface area contributed by atoms with E-state index in [1.54, 1.807) is 6.07 Å². The molecule has 1 fully saturated rings. The molecule has 1 aliphatic heterocycles. The highest BCUT2D eigenvalue weighted by Crippen LogP contribution is 2.24. The molecule has 2 aromatic carbocycles. The van der Waals surface area contributed by atoms with Crippen LogP contribution in [0.1, 0.15) is 34.5 Å². The van der Waals surface area contributed by atoms with Crippen LogP contribution in [-0.2, 0) is 6.42 Å². The Morgan fingerprint density at radius 3 is 2.81 bits per heavy atom. The number of aromatic amines is 1. The van der Waals surface area contributed by atoms with Crippen LogP contribution in [0, 0.1) is 12.7 Å². The van der Waals surface area contributed by atoms with Crippen LogP contribution in [0.25, 0.3) is 10.9 Å². The number of fused-ring (bicyclic) bond motifs is 1. The maximum atomic E-state index is 13.7. The Hall–Kier alpha value is -2.66. The lowest BCUT2D eigenvalue weighted by Crippen LogP contribution is -2.48. The molecule has 4 nitrogen and oxygen atoms in total. The van der Waals surface area contributed by atoms with Crippen LogP contribution in [-0.4, -0.2) is 29.5 Å². The molecule has 1 saturated heterocycles. The maximum Gasteiger partial charge on any atom is 0.254 e. The van der Waals surface area contributed by atoms with Gasteiger partial charge in [0.15, 0.2) is 0 Å². The lowest BCUT2D eigenvalue weighted by Gasteiger charge is -2.25. The summed E-state index contributed by atoms with van der Waals surface area (Å²) in [5.74, 6) is -0.493. The topological polar surface area (TPSA) is 56.9 Å². The molecule has 2 heterocycles. The van der Waals surface area contributed by atoms with Crippen LogP contribution in [0.4, 0.5) is 4.39 Å². The van der Waals surface area contributed by atoms with Crippen LogP contribution >= 0.6 is 0 Å². The van der Waals surface area contributed by atoms with Crippen molar-refractivity contribution in [2.24, 2.45) is 0 Å². The second kappa shape index (κ2) is 7.53. The van der Waals surface area contributed by atoms with Crippen LogP contribution < -0.4 is 10.6 Å². The summed E-state index contributed by atoms with van der Waals surface area (Å²) in [5.41, 5.74) is 3.25. The predicted molar refractivity (Wildman–Crippen MR) is 105 cm³/mol.